The Morgan fingerprint density at radius 2 is 1.77 bits per heavy atom. The van der Waals surface area contributed by atoms with Gasteiger partial charge in [-0.3, -0.25) is 4.79 Å². The molecule has 2 aliphatic carbocycles. The van der Waals surface area contributed by atoms with Crippen molar-refractivity contribution in [3.05, 3.63) is 41.2 Å². The maximum atomic E-state index is 13.4. The van der Waals surface area contributed by atoms with E-state index >= 15 is 0 Å². The molecule has 0 saturated heterocycles. The molecule has 0 aliphatic heterocycles. The number of benzene rings is 1. The number of amides is 1. The van der Waals surface area contributed by atoms with Crippen molar-refractivity contribution >= 4 is 17.7 Å². The second-order valence-corrected chi connectivity index (χ2v) is 9.84. The Hall–Kier alpha value is -3.43. The van der Waals surface area contributed by atoms with Gasteiger partial charge < -0.3 is 31.5 Å². The van der Waals surface area contributed by atoms with E-state index in [0.29, 0.717) is 43.2 Å². The molecule has 1 atom stereocenters. The van der Waals surface area contributed by atoms with Crippen LogP contribution in [0.25, 0.3) is 11.3 Å². The van der Waals surface area contributed by atoms with Gasteiger partial charge in [0.25, 0.3) is 12.3 Å². The Kier molecular flexibility index (Phi) is 8.20. The monoisotopic (exact) mass is 562 g/mol. The quantitative estimate of drug-likeness (QED) is 0.288. The van der Waals surface area contributed by atoms with Crippen LogP contribution >= 0.6 is 0 Å². The van der Waals surface area contributed by atoms with E-state index in [4.69, 9.17) is 15.6 Å². The molecule has 1 aromatic carbocycles. The number of nitrogen functional groups attached to an aromatic ring is 1. The van der Waals surface area contributed by atoms with Crippen molar-refractivity contribution in [1.29, 1.82) is 0 Å². The number of fused-ring (bicyclic) bond motifs is 2. The highest BCUT2D eigenvalue weighted by Gasteiger charge is 2.54. The first-order valence-corrected chi connectivity index (χ1v) is 11.7. The SMILES string of the molecule is Cc1ccc(C(O)(CO)C(F)F)cc1-c1cnc(N)c(C(=O)NC23CCC(O)(CC2)C3)n1.O=C(O)C(F)(F)F. The van der Waals surface area contributed by atoms with Gasteiger partial charge in [0, 0.05) is 11.1 Å². The fourth-order valence-electron chi connectivity index (χ4n) is 4.80. The van der Waals surface area contributed by atoms with E-state index < -0.39 is 47.8 Å². The van der Waals surface area contributed by atoms with E-state index in [1.807, 2.05) is 0 Å². The Morgan fingerprint density at radius 1 is 1.18 bits per heavy atom. The predicted octanol–water partition coefficient (Wildman–Crippen LogP) is 2.29. The molecular formula is C24H27F5N4O6. The summed E-state index contributed by atoms with van der Waals surface area (Å²) in [6.45, 7) is 0.552. The molecule has 214 valence electrons. The van der Waals surface area contributed by atoms with Crippen LogP contribution in [0.4, 0.5) is 27.8 Å². The highest BCUT2D eigenvalue weighted by atomic mass is 19.4. The Balaban J connectivity index is 0.000000532. The zero-order valence-electron chi connectivity index (χ0n) is 20.6. The number of aryl methyl sites for hydroxylation is 1. The van der Waals surface area contributed by atoms with Crippen molar-refractivity contribution < 1.29 is 52.0 Å². The van der Waals surface area contributed by atoms with Gasteiger partial charge in [0.2, 0.25) is 0 Å². The van der Waals surface area contributed by atoms with Gasteiger partial charge in [0.05, 0.1) is 24.1 Å². The van der Waals surface area contributed by atoms with E-state index in [9.17, 15) is 42.1 Å². The van der Waals surface area contributed by atoms with Crippen molar-refractivity contribution in [3.63, 3.8) is 0 Å². The lowest BCUT2D eigenvalue weighted by Gasteiger charge is -2.27. The van der Waals surface area contributed by atoms with Gasteiger partial charge in [0.1, 0.15) is 0 Å². The number of aliphatic hydroxyl groups is 3. The maximum Gasteiger partial charge on any atom is 0.490 e. The highest BCUT2D eigenvalue weighted by Crippen LogP contribution is 2.50. The second-order valence-electron chi connectivity index (χ2n) is 9.84. The number of aliphatic carboxylic acids is 1. The summed E-state index contributed by atoms with van der Waals surface area (Å²) >= 11 is 0. The molecule has 0 radical (unpaired) electrons. The van der Waals surface area contributed by atoms with Crippen LogP contribution in [-0.2, 0) is 10.4 Å². The van der Waals surface area contributed by atoms with Gasteiger partial charge in [-0.2, -0.15) is 13.2 Å². The molecule has 39 heavy (non-hydrogen) atoms. The summed E-state index contributed by atoms with van der Waals surface area (Å²) in [5, 5.41) is 40.1. The molecule has 1 amide bonds. The number of nitrogens with zero attached hydrogens (tertiary/aromatic N) is 2. The average molecular weight is 562 g/mol. The third-order valence-electron chi connectivity index (χ3n) is 7.06. The number of anilines is 1. The van der Waals surface area contributed by atoms with Crippen LogP contribution in [0.15, 0.2) is 24.4 Å². The number of halogens is 5. The molecule has 1 heterocycles. The van der Waals surface area contributed by atoms with Gasteiger partial charge in [-0.15, -0.1) is 0 Å². The molecule has 1 aromatic heterocycles. The molecule has 2 aromatic rings. The second kappa shape index (κ2) is 10.6. The Labute approximate surface area is 218 Å². The summed E-state index contributed by atoms with van der Waals surface area (Å²) < 4.78 is 58.5. The number of rotatable bonds is 6. The van der Waals surface area contributed by atoms with Crippen molar-refractivity contribution in [1.82, 2.24) is 15.3 Å². The number of aliphatic hydroxyl groups excluding tert-OH is 1. The summed E-state index contributed by atoms with van der Waals surface area (Å²) in [5.74, 6) is -3.36. The van der Waals surface area contributed by atoms with E-state index in [1.165, 1.54) is 24.4 Å². The molecule has 2 saturated carbocycles. The first kappa shape index (κ1) is 30.1. The number of carboxylic acid groups (broad SMARTS) is 1. The van der Waals surface area contributed by atoms with Gasteiger partial charge in [-0.05, 0) is 56.2 Å². The molecule has 4 rings (SSSR count). The van der Waals surface area contributed by atoms with E-state index in [2.05, 4.69) is 15.3 Å². The molecule has 2 fully saturated rings. The third kappa shape index (κ3) is 6.25. The zero-order chi connectivity index (χ0) is 29.4. The first-order chi connectivity index (χ1) is 18.0. The normalized spacial score (nSPS) is 23.6. The zero-order valence-corrected chi connectivity index (χ0v) is 20.6. The first-order valence-electron chi connectivity index (χ1n) is 11.7. The summed E-state index contributed by atoms with van der Waals surface area (Å²) in [4.78, 5) is 30.3. The molecule has 0 spiro atoms. The van der Waals surface area contributed by atoms with Crippen LogP contribution < -0.4 is 11.1 Å². The lowest BCUT2D eigenvalue weighted by molar-refractivity contribution is -0.192. The number of nitrogens with two attached hydrogens (primary N) is 1. The van der Waals surface area contributed by atoms with Crippen molar-refractivity contribution in [2.45, 2.75) is 68.4 Å². The van der Waals surface area contributed by atoms with E-state index in [1.54, 1.807) is 6.92 Å². The lowest BCUT2D eigenvalue weighted by atomic mass is 9.91. The largest absolute Gasteiger partial charge is 0.490 e. The van der Waals surface area contributed by atoms with Crippen LogP contribution in [0, 0.1) is 6.92 Å². The number of carboxylic acids is 1. The lowest BCUT2D eigenvalue weighted by Crippen LogP contribution is -2.45. The van der Waals surface area contributed by atoms with Crippen molar-refractivity contribution in [2.24, 2.45) is 0 Å². The van der Waals surface area contributed by atoms with Gasteiger partial charge in [-0.25, -0.2) is 23.5 Å². The van der Waals surface area contributed by atoms with Gasteiger partial charge in [-0.1, -0.05) is 12.1 Å². The average Bonchev–Trinajstić information content (AvgIpc) is 3.36. The number of carbonyl (C=O) groups excluding carboxylic acids is 1. The van der Waals surface area contributed by atoms with Crippen LogP contribution in [0.2, 0.25) is 0 Å². The van der Waals surface area contributed by atoms with Crippen LogP contribution in [0.5, 0.6) is 0 Å². The molecular weight excluding hydrogens is 535 g/mol. The Bertz CT molecular complexity index is 1250. The number of hydrogen-bond acceptors (Lipinski definition) is 8. The summed E-state index contributed by atoms with van der Waals surface area (Å²) in [6, 6.07) is 4.12. The smallest absolute Gasteiger partial charge is 0.475 e. The van der Waals surface area contributed by atoms with Crippen molar-refractivity contribution in [2.75, 3.05) is 12.3 Å². The number of aromatic nitrogens is 2. The fourth-order valence-corrected chi connectivity index (χ4v) is 4.80. The van der Waals surface area contributed by atoms with Gasteiger partial charge >= 0.3 is 12.1 Å². The molecule has 1 unspecified atom stereocenters. The highest BCUT2D eigenvalue weighted by molar-refractivity contribution is 5.97. The van der Waals surface area contributed by atoms with Gasteiger partial charge in [0.15, 0.2) is 17.1 Å². The van der Waals surface area contributed by atoms with Crippen LogP contribution in [0.3, 0.4) is 0 Å². The third-order valence-corrected chi connectivity index (χ3v) is 7.06. The van der Waals surface area contributed by atoms with E-state index in [-0.39, 0.29) is 22.8 Å². The molecule has 15 heteroatoms. The molecule has 7 N–H and O–H groups in total. The minimum absolute atomic E-state index is 0.0813. The van der Waals surface area contributed by atoms with Crippen molar-refractivity contribution in [3.8, 4) is 11.3 Å². The predicted molar refractivity (Wildman–Crippen MR) is 126 cm³/mol. The number of nitrogens with one attached hydrogen (secondary N) is 1. The number of carbonyl (C=O) groups is 2. The minimum Gasteiger partial charge on any atom is -0.475 e. The van der Waals surface area contributed by atoms with Crippen LogP contribution in [0.1, 0.15) is 53.7 Å². The van der Waals surface area contributed by atoms with Crippen LogP contribution in [-0.4, -0.2) is 72.6 Å². The molecule has 2 bridgehead atoms. The number of alkyl halides is 5. The van der Waals surface area contributed by atoms with E-state index in [0.717, 1.165) is 0 Å². The summed E-state index contributed by atoms with van der Waals surface area (Å²) in [5.41, 5.74) is 2.87. The summed E-state index contributed by atoms with van der Waals surface area (Å²) in [6.07, 6.45) is -3.92. The topological polar surface area (TPSA) is 179 Å². The molecule has 10 nitrogen and oxygen atoms in total. The summed E-state index contributed by atoms with van der Waals surface area (Å²) in [7, 11) is 0. The number of hydrogen-bond donors (Lipinski definition) is 6. The molecule has 2 aliphatic rings. The standard InChI is InChI=1S/C22H26F2N4O4.C2HF3O2/c1-12-2-3-13(22(32,11-29)19(23)24)8-14(12)15-9-26-17(25)16(27-15)18(30)28-20-4-6-21(31,10-20)7-5-20;3-2(4,5)1(6)7/h2-3,8-9,19,29,31-32H,4-7,10-11H2,1H3,(H2,25,26)(H,28,30);(H,6,7). The fraction of sp³-hybridized carbons (Fsp3) is 0.500. The Morgan fingerprint density at radius 3 is 2.23 bits per heavy atom. The minimum atomic E-state index is -5.08. The maximum absolute atomic E-state index is 13.4.